The molecule has 2 heterocycles. The molecule has 0 aliphatic carbocycles. The molecule has 0 saturated heterocycles. The quantitative estimate of drug-likeness (QED) is 0.661. The van der Waals surface area contributed by atoms with E-state index in [1.807, 2.05) is 6.20 Å². The molecule has 0 radical (unpaired) electrons. The molecule has 2 rings (SSSR count). The fraction of sp³-hybridized carbons (Fsp3) is 0.429. The number of rotatable bonds is 1. The Morgan fingerprint density at radius 3 is 2.77 bits per heavy atom. The molecule has 0 fully saturated rings. The van der Waals surface area contributed by atoms with Crippen LogP contribution >= 0.6 is 0 Å². The Morgan fingerprint density at radius 2 is 2.08 bits per heavy atom. The van der Waals surface area contributed by atoms with Crippen LogP contribution in [0, 0.1) is 0 Å². The van der Waals surface area contributed by atoms with Crippen LogP contribution in [0.1, 0.15) is 0 Å². The first kappa shape index (κ1) is 8.30. The van der Waals surface area contributed by atoms with Crippen molar-refractivity contribution < 1.29 is 0 Å². The summed E-state index contributed by atoms with van der Waals surface area (Å²) in [5.74, 6) is 0. The van der Waals surface area contributed by atoms with Gasteiger partial charge in [-0.05, 0) is 0 Å². The summed E-state index contributed by atoms with van der Waals surface area (Å²) in [5, 5.41) is 11.2. The van der Waals surface area contributed by atoms with Gasteiger partial charge in [-0.3, -0.25) is 0 Å². The van der Waals surface area contributed by atoms with E-state index in [0.29, 0.717) is 11.3 Å². The molecule has 0 atom stereocenters. The second-order valence-electron chi connectivity index (χ2n) is 3.99. The number of H-pyrrole nitrogens is 1. The van der Waals surface area contributed by atoms with Gasteiger partial charge in [0.25, 0.3) is 0 Å². The van der Waals surface area contributed by atoms with Crippen LogP contribution in [0.5, 0.6) is 0 Å². The number of nitrogens with zero attached hydrogens (tertiary/aromatic N) is 4. The van der Waals surface area contributed by atoms with E-state index in [9.17, 15) is 0 Å². The summed E-state index contributed by atoms with van der Waals surface area (Å²) < 4.78 is 0. The lowest BCUT2D eigenvalue weighted by atomic mass is 10.7. The summed E-state index contributed by atoms with van der Waals surface area (Å²) in [5.41, 5.74) is 1.27. The Balaban J connectivity index is 2.61. The van der Waals surface area contributed by atoms with E-state index in [2.05, 4.69) is 45.0 Å². The van der Waals surface area contributed by atoms with Crippen molar-refractivity contribution in [2.24, 2.45) is 0 Å². The predicted octanol–water partition coefficient (Wildman–Crippen LogP) is 0.293. The Hall–Kier alpha value is -1.30. The van der Waals surface area contributed by atoms with Gasteiger partial charge in [-0.2, -0.15) is 0 Å². The van der Waals surface area contributed by atoms with E-state index in [4.69, 9.17) is 0 Å². The first-order valence-corrected chi connectivity index (χ1v) is 7.61. The summed E-state index contributed by atoms with van der Waals surface area (Å²) in [4.78, 5) is 8.60. The van der Waals surface area contributed by atoms with Gasteiger partial charge >= 0.3 is 0 Å². The molecule has 2 aromatic heterocycles. The molecular weight excluding hydrogens is 182 g/mol. The highest BCUT2D eigenvalue weighted by Gasteiger charge is 2.19. The number of fused-ring (bicyclic) bond motifs is 1. The molecule has 0 aliphatic rings. The van der Waals surface area contributed by atoms with E-state index >= 15 is 0 Å². The third-order valence-corrected chi connectivity index (χ3v) is 3.60. The number of hydrogen-bond acceptors (Lipinski definition) is 4. The molecule has 0 spiro atoms. The molecule has 0 amide bonds. The topological polar surface area (TPSA) is 67.3 Å². The van der Waals surface area contributed by atoms with Gasteiger partial charge in [0.1, 0.15) is 8.07 Å². The van der Waals surface area contributed by atoms with Crippen LogP contribution in [0.3, 0.4) is 0 Å². The van der Waals surface area contributed by atoms with Crippen LogP contribution < -0.4 is 5.32 Å². The van der Waals surface area contributed by atoms with Crippen LogP contribution in [-0.2, 0) is 0 Å². The zero-order valence-electron chi connectivity index (χ0n) is 7.87. The second-order valence-corrected chi connectivity index (χ2v) is 9.00. The van der Waals surface area contributed by atoms with E-state index in [1.165, 1.54) is 0 Å². The van der Waals surface area contributed by atoms with Crippen molar-refractivity contribution in [1.82, 2.24) is 25.4 Å². The van der Waals surface area contributed by atoms with E-state index in [0.717, 1.165) is 5.32 Å². The first-order valence-electron chi connectivity index (χ1n) is 4.11. The number of aromatic nitrogens is 5. The summed E-state index contributed by atoms with van der Waals surface area (Å²) in [7, 11) is -1.38. The van der Waals surface area contributed by atoms with E-state index in [1.54, 1.807) is 0 Å². The number of nitrogens with one attached hydrogen (secondary N) is 1. The summed E-state index contributed by atoms with van der Waals surface area (Å²) in [6.07, 6.45) is 1.81. The van der Waals surface area contributed by atoms with Gasteiger partial charge in [-0.25, -0.2) is 15.1 Å². The van der Waals surface area contributed by atoms with Crippen molar-refractivity contribution in [3.05, 3.63) is 6.20 Å². The maximum atomic E-state index is 4.40. The van der Waals surface area contributed by atoms with Crippen LogP contribution in [0.25, 0.3) is 11.3 Å². The van der Waals surface area contributed by atoms with Gasteiger partial charge < -0.3 is 0 Å². The van der Waals surface area contributed by atoms with Crippen LogP contribution in [0.2, 0.25) is 19.6 Å². The van der Waals surface area contributed by atoms with Gasteiger partial charge in [0, 0.05) is 11.5 Å². The first-order chi connectivity index (χ1) is 6.07. The van der Waals surface area contributed by atoms with Crippen molar-refractivity contribution in [3.63, 3.8) is 0 Å². The minimum absolute atomic E-state index is 0.611. The minimum Gasteiger partial charge on any atom is -0.239 e. The van der Waals surface area contributed by atoms with Gasteiger partial charge in [0.2, 0.25) is 5.65 Å². The van der Waals surface area contributed by atoms with Gasteiger partial charge in [-0.1, -0.05) is 24.9 Å². The summed E-state index contributed by atoms with van der Waals surface area (Å²) in [6, 6.07) is 0. The number of aromatic amines is 1. The third-order valence-electron chi connectivity index (χ3n) is 1.82. The molecule has 68 valence electrons. The Labute approximate surface area is 76.6 Å². The molecule has 5 nitrogen and oxygen atoms in total. The van der Waals surface area contributed by atoms with Crippen molar-refractivity contribution >= 4 is 24.7 Å². The molecule has 0 unspecified atom stereocenters. The lowest BCUT2D eigenvalue weighted by Crippen LogP contribution is -2.40. The Bertz CT molecular complexity index is 430. The second kappa shape index (κ2) is 2.59. The standard InChI is InChI=1S/C7H11N5Si/c1-13(2,3)5-4-8-6-7(9-5)11-12-10-6/h4H,1-3H3,(H,8,9,10,11,12). The largest absolute Gasteiger partial charge is 0.239 e. The Kier molecular flexibility index (Phi) is 1.66. The van der Waals surface area contributed by atoms with Gasteiger partial charge in [-0.15, -0.1) is 5.10 Å². The fourth-order valence-corrected chi connectivity index (χ4v) is 1.90. The third kappa shape index (κ3) is 1.44. The van der Waals surface area contributed by atoms with Crippen molar-refractivity contribution in [2.75, 3.05) is 0 Å². The molecule has 0 bridgehead atoms. The lowest BCUT2D eigenvalue weighted by Gasteiger charge is -2.13. The smallest absolute Gasteiger partial charge is 0.220 e. The average molecular weight is 193 g/mol. The van der Waals surface area contributed by atoms with Crippen LogP contribution in [0.4, 0.5) is 0 Å². The highest BCUT2D eigenvalue weighted by atomic mass is 28.3. The lowest BCUT2D eigenvalue weighted by molar-refractivity contribution is 0.951. The van der Waals surface area contributed by atoms with Gasteiger partial charge in [0.15, 0.2) is 5.65 Å². The van der Waals surface area contributed by atoms with Crippen molar-refractivity contribution in [3.8, 4) is 0 Å². The van der Waals surface area contributed by atoms with Crippen LogP contribution in [-0.4, -0.2) is 33.5 Å². The van der Waals surface area contributed by atoms with Crippen molar-refractivity contribution in [1.29, 1.82) is 0 Å². The van der Waals surface area contributed by atoms with Crippen LogP contribution in [0.15, 0.2) is 6.20 Å². The SMILES string of the molecule is C[Si](C)(C)c1cnc2[nH]nnc2n1. The van der Waals surface area contributed by atoms with E-state index < -0.39 is 8.07 Å². The zero-order chi connectivity index (χ0) is 9.47. The molecular formula is C7H11N5Si. The average Bonchev–Trinajstić information content (AvgIpc) is 2.47. The summed E-state index contributed by atoms with van der Waals surface area (Å²) in [6.45, 7) is 6.68. The monoisotopic (exact) mass is 193 g/mol. The number of hydrogen-bond donors (Lipinski definition) is 1. The zero-order valence-corrected chi connectivity index (χ0v) is 8.87. The molecule has 2 aromatic rings. The maximum Gasteiger partial charge on any atom is 0.220 e. The summed E-state index contributed by atoms with van der Waals surface area (Å²) >= 11 is 0. The highest BCUT2D eigenvalue weighted by Crippen LogP contribution is 2.02. The molecule has 0 aliphatic heterocycles. The fourth-order valence-electron chi connectivity index (χ4n) is 1.01. The molecule has 13 heavy (non-hydrogen) atoms. The molecule has 0 saturated carbocycles. The maximum absolute atomic E-state index is 4.40. The highest BCUT2D eigenvalue weighted by molar-refractivity contribution is 6.88. The molecule has 0 aromatic carbocycles. The van der Waals surface area contributed by atoms with Gasteiger partial charge in [0.05, 0.1) is 0 Å². The minimum atomic E-state index is -1.38. The predicted molar refractivity (Wildman–Crippen MR) is 52.5 cm³/mol. The Morgan fingerprint density at radius 1 is 1.31 bits per heavy atom. The molecule has 6 heteroatoms. The normalized spacial score (nSPS) is 12.2. The van der Waals surface area contributed by atoms with Crippen molar-refractivity contribution in [2.45, 2.75) is 19.6 Å². The molecule has 1 N–H and O–H groups in total. The van der Waals surface area contributed by atoms with E-state index in [-0.39, 0.29) is 0 Å².